The number of para-hydroxylation sites is 1. The van der Waals surface area contributed by atoms with Gasteiger partial charge in [0, 0.05) is 10.5 Å². The summed E-state index contributed by atoms with van der Waals surface area (Å²) >= 11 is 1.72. The van der Waals surface area contributed by atoms with E-state index in [1.807, 2.05) is 17.7 Å². The molecule has 2 aliphatic rings. The number of H-pyrrole nitrogens is 1. The average molecular weight is 254 g/mol. The number of aromatic amines is 1. The Labute approximate surface area is 108 Å². The molecule has 0 saturated carbocycles. The van der Waals surface area contributed by atoms with Gasteiger partial charge in [-0.05, 0) is 18.1 Å². The van der Waals surface area contributed by atoms with Crippen molar-refractivity contribution in [3.05, 3.63) is 40.8 Å². The molecule has 4 rings (SSSR count). The van der Waals surface area contributed by atoms with E-state index >= 15 is 0 Å². The molecule has 1 aliphatic carbocycles. The van der Waals surface area contributed by atoms with Gasteiger partial charge in [-0.25, -0.2) is 0 Å². The van der Waals surface area contributed by atoms with Crippen LogP contribution in [-0.2, 0) is 0 Å². The van der Waals surface area contributed by atoms with E-state index in [4.69, 9.17) is 0 Å². The summed E-state index contributed by atoms with van der Waals surface area (Å²) in [5.41, 5.74) is 6.14. The third-order valence-electron chi connectivity index (χ3n) is 3.27. The first-order chi connectivity index (χ1) is 8.93. The predicted molar refractivity (Wildman–Crippen MR) is 74.4 cm³/mol. The molecule has 0 spiro atoms. The maximum absolute atomic E-state index is 4.49. The zero-order valence-electron chi connectivity index (χ0n) is 9.50. The van der Waals surface area contributed by atoms with Crippen molar-refractivity contribution in [2.24, 2.45) is 4.99 Å². The van der Waals surface area contributed by atoms with Crippen molar-refractivity contribution in [2.75, 3.05) is 0 Å². The van der Waals surface area contributed by atoms with Gasteiger partial charge in [-0.1, -0.05) is 36.0 Å². The molecule has 1 N–H and O–H groups in total. The molecular formula is C13H10N4S. The van der Waals surface area contributed by atoms with Crippen LogP contribution in [0.1, 0.15) is 12.0 Å². The van der Waals surface area contributed by atoms with Crippen LogP contribution in [-0.4, -0.2) is 27.0 Å². The molecule has 0 fully saturated rings. The van der Waals surface area contributed by atoms with E-state index in [1.165, 1.54) is 10.5 Å². The number of benzene rings is 1. The summed E-state index contributed by atoms with van der Waals surface area (Å²) in [6.45, 7) is 0. The Balaban J connectivity index is 1.97. The SMILES string of the molecule is C1=CC(c2cccc3n[nH]nc23)=C2SC=NC2C1. The molecule has 1 aliphatic heterocycles. The summed E-state index contributed by atoms with van der Waals surface area (Å²) in [6, 6.07) is 6.39. The Morgan fingerprint density at radius 2 is 2.28 bits per heavy atom. The molecule has 18 heavy (non-hydrogen) atoms. The van der Waals surface area contributed by atoms with Gasteiger partial charge in [-0.2, -0.15) is 15.4 Å². The van der Waals surface area contributed by atoms with Gasteiger partial charge in [-0.3, -0.25) is 4.99 Å². The number of nitrogens with one attached hydrogen (secondary N) is 1. The van der Waals surface area contributed by atoms with Crippen LogP contribution in [0.3, 0.4) is 0 Å². The second-order valence-electron chi connectivity index (χ2n) is 4.30. The monoisotopic (exact) mass is 254 g/mol. The lowest BCUT2D eigenvalue weighted by Gasteiger charge is -2.16. The average Bonchev–Trinajstić information content (AvgIpc) is 3.06. The number of fused-ring (bicyclic) bond motifs is 2. The largest absolute Gasteiger partial charge is 0.277 e. The molecule has 5 heteroatoms. The minimum absolute atomic E-state index is 0.303. The van der Waals surface area contributed by atoms with Crippen LogP contribution >= 0.6 is 11.8 Å². The molecule has 0 amide bonds. The van der Waals surface area contributed by atoms with Crippen molar-refractivity contribution in [3.63, 3.8) is 0 Å². The van der Waals surface area contributed by atoms with Crippen molar-refractivity contribution in [1.82, 2.24) is 15.4 Å². The van der Waals surface area contributed by atoms with Crippen LogP contribution in [0.4, 0.5) is 0 Å². The second kappa shape index (κ2) is 3.81. The van der Waals surface area contributed by atoms with Crippen LogP contribution in [0.15, 0.2) is 40.2 Å². The molecule has 2 aromatic rings. The van der Waals surface area contributed by atoms with Crippen molar-refractivity contribution in [2.45, 2.75) is 12.5 Å². The fourth-order valence-electron chi connectivity index (χ4n) is 2.42. The Morgan fingerprint density at radius 1 is 1.28 bits per heavy atom. The summed E-state index contributed by atoms with van der Waals surface area (Å²) in [4.78, 5) is 5.81. The van der Waals surface area contributed by atoms with Crippen LogP contribution < -0.4 is 0 Å². The van der Waals surface area contributed by atoms with Crippen LogP contribution in [0.25, 0.3) is 16.6 Å². The molecule has 0 bridgehead atoms. The Kier molecular flexibility index (Phi) is 2.14. The second-order valence-corrected chi connectivity index (χ2v) is 5.19. The van der Waals surface area contributed by atoms with E-state index in [0.717, 1.165) is 23.0 Å². The number of rotatable bonds is 1. The van der Waals surface area contributed by atoms with E-state index in [9.17, 15) is 0 Å². The number of aromatic nitrogens is 3. The first-order valence-electron chi connectivity index (χ1n) is 5.82. The Bertz CT molecular complexity index is 711. The molecule has 88 valence electrons. The highest BCUT2D eigenvalue weighted by Crippen LogP contribution is 2.40. The van der Waals surface area contributed by atoms with E-state index in [2.05, 4.69) is 38.6 Å². The van der Waals surface area contributed by atoms with E-state index in [-0.39, 0.29) is 0 Å². The van der Waals surface area contributed by atoms with Gasteiger partial charge in [0.25, 0.3) is 0 Å². The number of hydrogen-bond acceptors (Lipinski definition) is 4. The topological polar surface area (TPSA) is 53.9 Å². The molecule has 1 unspecified atom stereocenters. The molecule has 1 aromatic carbocycles. The van der Waals surface area contributed by atoms with Gasteiger partial charge in [0.15, 0.2) is 0 Å². The lowest BCUT2D eigenvalue weighted by molar-refractivity contribution is 0.832. The number of thioether (sulfide) groups is 1. The highest BCUT2D eigenvalue weighted by Gasteiger charge is 2.24. The minimum Gasteiger partial charge on any atom is -0.277 e. The van der Waals surface area contributed by atoms with Crippen LogP contribution in [0.5, 0.6) is 0 Å². The zero-order valence-corrected chi connectivity index (χ0v) is 10.3. The lowest BCUT2D eigenvalue weighted by Crippen LogP contribution is -2.06. The molecule has 1 atom stereocenters. The van der Waals surface area contributed by atoms with Crippen LogP contribution in [0.2, 0.25) is 0 Å². The maximum atomic E-state index is 4.49. The predicted octanol–water partition coefficient (Wildman–Crippen LogP) is 2.77. The summed E-state index contributed by atoms with van der Waals surface area (Å²) in [6.07, 6.45) is 5.36. The van der Waals surface area contributed by atoms with Gasteiger partial charge in [0.1, 0.15) is 11.0 Å². The molecule has 1 aromatic heterocycles. The summed E-state index contributed by atoms with van der Waals surface area (Å²) in [5.74, 6) is 0. The van der Waals surface area contributed by atoms with E-state index in [0.29, 0.717) is 6.04 Å². The fraction of sp³-hybridized carbons (Fsp3) is 0.154. The fourth-order valence-corrected chi connectivity index (χ4v) is 3.36. The zero-order chi connectivity index (χ0) is 11.9. The third-order valence-corrected chi connectivity index (χ3v) is 4.24. The number of nitrogens with zero attached hydrogens (tertiary/aromatic N) is 3. The van der Waals surface area contributed by atoms with E-state index in [1.54, 1.807) is 11.8 Å². The highest BCUT2D eigenvalue weighted by molar-refractivity contribution is 8.16. The third kappa shape index (κ3) is 1.37. The quantitative estimate of drug-likeness (QED) is 0.851. The molecule has 4 nitrogen and oxygen atoms in total. The number of hydrogen-bond donors (Lipinski definition) is 1. The number of allylic oxidation sites excluding steroid dienone is 2. The first kappa shape index (κ1) is 10.1. The van der Waals surface area contributed by atoms with Gasteiger partial charge in [0.2, 0.25) is 0 Å². The Hall–Kier alpha value is -1.88. The summed E-state index contributed by atoms with van der Waals surface area (Å²) in [5, 5.41) is 11.1. The normalized spacial score (nSPS) is 21.9. The molecule has 0 radical (unpaired) electrons. The van der Waals surface area contributed by atoms with Gasteiger partial charge in [-0.15, -0.1) is 0 Å². The number of aliphatic imine (C=N–C) groups is 1. The highest BCUT2D eigenvalue weighted by atomic mass is 32.2. The van der Waals surface area contributed by atoms with E-state index < -0.39 is 0 Å². The minimum atomic E-state index is 0.303. The lowest BCUT2D eigenvalue weighted by atomic mass is 9.96. The first-order valence-corrected chi connectivity index (χ1v) is 6.70. The maximum Gasteiger partial charge on any atom is 0.120 e. The summed E-state index contributed by atoms with van der Waals surface area (Å²) < 4.78 is 0. The summed E-state index contributed by atoms with van der Waals surface area (Å²) in [7, 11) is 0. The van der Waals surface area contributed by atoms with Crippen molar-refractivity contribution < 1.29 is 0 Å². The van der Waals surface area contributed by atoms with Gasteiger partial charge in [0.05, 0.1) is 11.6 Å². The van der Waals surface area contributed by atoms with Gasteiger partial charge < -0.3 is 0 Å². The smallest absolute Gasteiger partial charge is 0.120 e. The van der Waals surface area contributed by atoms with Crippen molar-refractivity contribution >= 4 is 33.9 Å². The van der Waals surface area contributed by atoms with Gasteiger partial charge >= 0.3 is 0 Å². The van der Waals surface area contributed by atoms with Crippen LogP contribution in [0, 0.1) is 0 Å². The standard InChI is InChI=1S/C13H10N4S/c1-3-8(12-10(5-1)15-17-16-12)9-4-2-6-11-13(9)18-7-14-11/h1-5,7,11H,6H2,(H,15,16,17). The van der Waals surface area contributed by atoms with Crippen molar-refractivity contribution in [3.8, 4) is 0 Å². The van der Waals surface area contributed by atoms with Crippen molar-refractivity contribution in [1.29, 1.82) is 0 Å². The molecule has 0 saturated heterocycles. The molecule has 2 heterocycles. The molecular weight excluding hydrogens is 244 g/mol. The Morgan fingerprint density at radius 3 is 3.28 bits per heavy atom.